The number of para-hydroxylation sites is 1. The first kappa shape index (κ1) is 18.8. The van der Waals surface area contributed by atoms with Gasteiger partial charge in [0.15, 0.2) is 5.78 Å². The molecular weight excluding hydrogens is 376 g/mol. The van der Waals surface area contributed by atoms with Gasteiger partial charge in [0, 0.05) is 18.7 Å². The summed E-state index contributed by atoms with van der Waals surface area (Å²) in [6, 6.07) is 13.2. The van der Waals surface area contributed by atoms with Gasteiger partial charge >= 0.3 is 0 Å². The molecule has 1 heterocycles. The van der Waals surface area contributed by atoms with Gasteiger partial charge in [0.25, 0.3) is 0 Å². The van der Waals surface area contributed by atoms with Crippen molar-refractivity contribution in [3.8, 4) is 0 Å². The minimum atomic E-state index is -3.63. The summed E-state index contributed by atoms with van der Waals surface area (Å²) >= 11 is 6.06. The number of Topliss-reactive ketones (excluding diaryl/α,β-unsaturated/α-hetero) is 1. The Morgan fingerprint density at radius 3 is 2.58 bits per heavy atom. The Morgan fingerprint density at radius 2 is 1.85 bits per heavy atom. The van der Waals surface area contributed by atoms with Crippen molar-refractivity contribution in [2.45, 2.75) is 4.90 Å². The Hall–Kier alpha value is -1.93. The van der Waals surface area contributed by atoms with Crippen LogP contribution in [0.2, 0.25) is 5.02 Å². The molecule has 138 valence electrons. The third kappa shape index (κ3) is 4.24. The van der Waals surface area contributed by atoms with Gasteiger partial charge in [0.1, 0.15) is 0 Å². The van der Waals surface area contributed by atoms with Gasteiger partial charge in [-0.25, -0.2) is 8.42 Å². The predicted molar refractivity (Wildman–Crippen MR) is 100 cm³/mol. The number of rotatable bonds is 6. The van der Waals surface area contributed by atoms with Crippen LogP contribution in [0.15, 0.2) is 53.4 Å². The number of nitrogens with zero attached hydrogens (tertiary/aromatic N) is 1. The lowest BCUT2D eigenvalue weighted by Crippen LogP contribution is -2.40. The van der Waals surface area contributed by atoms with Crippen LogP contribution in [-0.4, -0.2) is 51.4 Å². The minimum Gasteiger partial charge on any atom is -0.379 e. The van der Waals surface area contributed by atoms with Crippen LogP contribution in [0.3, 0.4) is 0 Å². The van der Waals surface area contributed by atoms with E-state index in [1.807, 2.05) is 6.07 Å². The lowest BCUT2D eigenvalue weighted by Gasteiger charge is -2.26. The Morgan fingerprint density at radius 1 is 1.12 bits per heavy atom. The Labute approximate surface area is 157 Å². The topological polar surface area (TPSA) is 75.7 Å². The number of carbonyl (C=O) groups is 1. The minimum absolute atomic E-state index is 0.0186. The number of halogens is 1. The highest BCUT2D eigenvalue weighted by Gasteiger charge is 2.26. The highest BCUT2D eigenvalue weighted by Crippen LogP contribution is 2.21. The Bertz CT molecular complexity index is 896. The molecule has 0 amide bonds. The molecule has 2 aromatic carbocycles. The normalized spacial score (nSPS) is 15.6. The molecule has 2 aromatic rings. The monoisotopic (exact) mass is 394 g/mol. The molecule has 1 saturated heterocycles. The standard InChI is InChI=1S/C18H19ClN2O4S/c19-16-6-1-2-7-17(16)20-13-18(22)14-4-3-5-15(12-14)26(23,24)21-8-10-25-11-9-21/h1-7,12,20H,8-11,13H2. The molecule has 1 N–H and O–H groups in total. The lowest BCUT2D eigenvalue weighted by atomic mass is 10.1. The molecule has 0 aliphatic carbocycles. The maximum Gasteiger partial charge on any atom is 0.243 e. The molecule has 8 heteroatoms. The average molecular weight is 395 g/mol. The Balaban J connectivity index is 1.74. The number of hydrogen-bond acceptors (Lipinski definition) is 5. The molecular formula is C18H19ClN2O4S. The van der Waals surface area contributed by atoms with Gasteiger partial charge in [-0.05, 0) is 24.3 Å². The van der Waals surface area contributed by atoms with E-state index >= 15 is 0 Å². The maximum atomic E-state index is 12.7. The second kappa shape index (κ2) is 8.18. The molecule has 26 heavy (non-hydrogen) atoms. The second-order valence-corrected chi connectivity index (χ2v) is 8.15. The average Bonchev–Trinajstić information content (AvgIpc) is 2.68. The molecule has 0 spiro atoms. The van der Waals surface area contributed by atoms with E-state index < -0.39 is 10.0 Å². The van der Waals surface area contributed by atoms with Gasteiger partial charge in [0.05, 0.1) is 35.4 Å². The molecule has 0 bridgehead atoms. The van der Waals surface area contributed by atoms with E-state index in [9.17, 15) is 13.2 Å². The summed E-state index contributed by atoms with van der Waals surface area (Å²) in [4.78, 5) is 12.6. The predicted octanol–water partition coefficient (Wildman–Crippen LogP) is 2.66. The lowest BCUT2D eigenvalue weighted by molar-refractivity contribution is 0.0730. The van der Waals surface area contributed by atoms with Crippen LogP contribution >= 0.6 is 11.6 Å². The van der Waals surface area contributed by atoms with E-state index in [1.54, 1.807) is 30.3 Å². The van der Waals surface area contributed by atoms with Crippen LogP contribution in [0, 0.1) is 0 Å². The fourth-order valence-electron chi connectivity index (χ4n) is 2.65. The number of hydrogen-bond donors (Lipinski definition) is 1. The summed E-state index contributed by atoms with van der Waals surface area (Å²) in [6.45, 7) is 1.40. The first-order valence-corrected chi connectivity index (χ1v) is 10.00. The fraction of sp³-hybridized carbons (Fsp3) is 0.278. The number of benzene rings is 2. The van der Waals surface area contributed by atoms with Crippen LogP contribution in [-0.2, 0) is 14.8 Å². The molecule has 6 nitrogen and oxygen atoms in total. The van der Waals surface area contributed by atoms with Crippen LogP contribution in [0.4, 0.5) is 5.69 Å². The second-order valence-electron chi connectivity index (χ2n) is 5.80. The first-order valence-electron chi connectivity index (χ1n) is 8.18. The van der Waals surface area contributed by atoms with Gasteiger partial charge < -0.3 is 10.1 Å². The van der Waals surface area contributed by atoms with Crippen LogP contribution in [0.1, 0.15) is 10.4 Å². The first-order chi connectivity index (χ1) is 12.5. The summed E-state index contributed by atoms with van der Waals surface area (Å²) in [5, 5.41) is 3.49. The molecule has 0 unspecified atom stereocenters. The number of anilines is 1. The maximum absolute atomic E-state index is 12.7. The third-order valence-corrected chi connectivity index (χ3v) is 6.30. The van der Waals surface area contributed by atoms with Crippen molar-refractivity contribution in [3.05, 3.63) is 59.1 Å². The van der Waals surface area contributed by atoms with E-state index in [2.05, 4.69) is 5.32 Å². The third-order valence-electron chi connectivity index (χ3n) is 4.08. The largest absolute Gasteiger partial charge is 0.379 e. The molecule has 0 atom stereocenters. The van der Waals surface area contributed by atoms with Crippen LogP contribution < -0.4 is 5.32 Å². The van der Waals surface area contributed by atoms with Crippen molar-refractivity contribution >= 4 is 33.1 Å². The molecule has 1 fully saturated rings. The molecule has 1 aliphatic heterocycles. The molecule has 0 saturated carbocycles. The summed E-state index contributed by atoms with van der Waals surface area (Å²) in [5.41, 5.74) is 0.985. The van der Waals surface area contributed by atoms with E-state index in [1.165, 1.54) is 16.4 Å². The van der Waals surface area contributed by atoms with Crippen molar-refractivity contribution in [2.24, 2.45) is 0 Å². The zero-order valence-corrected chi connectivity index (χ0v) is 15.6. The Kier molecular flexibility index (Phi) is 5.93. The fourth-order valence-corrected chi connectivity index (χ4v) is 4.31. The van der Waals surface area contributed by atoms with E-state index in [0.29, 0.717) is 42.6 Å². The van der Waals surface area contributed by atoms with Crippen molar-refractivity contribution in [3.63, 3.8) is 0 Å². The quantitative estimate of drug-likeness (QED) is 0.762. The van der Waals surface area contributed by atoms with Crippen LogP contribution in [0.25, 0.3) is 0 Å². The highest BCUT2D eigenvalue weighted by molar-refractivity contribution is 7.89. The van der Waals surface area contributed by atoms with Crippen LogP contribution in [0.5, 0.6) is 0 Å². The SMILES string of the molecule is O=C(CNc1ccccc1Cl)c1cccc(S(=O)(=O)N2CCOCC2)c1. The number of morpholine rings is 1. The summed E-state index contributed by atoms with van der Waals surface area (Å²) < 4.78 is 32.0. The smallest absolute Gasteiger partial charge is 0.243 e. The van der Waals surface area contributed by atoms with Gasteiger partial charge in [-0.15, -0.1) is 0 Å². The zero-order valence-electron chi connectivity index (χ0n) is 14.0. The van der Waals surface area contributed by atoms with E-state index in [-0.39, 0.29) is 17.2 Å². The van der Waals surface area contributed by atoms with Gasteiger partial charge in [0.2, 0.25) is 10.0 Å². The number of ether oxygens (including phenoxy) is 1. The number of carbonyl (C=O) groups excluding carboxylic acids is 1. The number of nitrogens with one attached hydrogen (secondary N) is 1. The summed E-state index contributed by atoms with van der Waals surface area (Å²) in [7, 11) is -3.63. The van der Waals surface area contributed by atoms with Crippen molar-refractivity contribution in [1.82, 2.24) is 4.31 Å². The number of ketones is 1. The van der Waals surface area contributed by atoms with Crippen molar-refractivity contribution in [1.29, 1.82) is 0 Å². The zero-order chi connectivity index (χ0) is 18.6. The van der Waals surface area contributed by atoms with Gasteiger partial charge in [-0.2, -0.15) is 4.31 Å². The van der Waals surface area contributed by atoms with Gasteiger partial charge in [-0.3, -0.25) is 4.79 Å². The van der Waals surface area contributed by atoms with E-state index in [0.717, 1.165) is 0 Å². The molecule has 1 aliphatic rings. The molecule has 0 aromatic heterocycles. The van der Waals surface area contributed by atoms with Gasteiger partial charge in [-0.1, -0.05) is 35.9 Å². The summed E-state index contributed by atoms with van der Waals surface area (Å²) in [5.74, 6) is -0.219. The molecule has 0 radical (unpaired) electrons. The molecule has 3 rings (SSSR count). The summed E-state index contributed by atoms with van der Waals surface area (Å²) in [6.07, 6.45) is 0. The highest BCUT2D eigenvalue weighted by atomic mass is 35.5. The van der Waals surface area contributed by atoms with Crippen molar-refractivity contribution < 1.29 is 17.9 Å². The van der Waals surface area contributed by atoms with E-state index in [4.69, 9.17) is 16.3 Å². The van der Waals surface area contributed by atoms with Crippen molar-refractivity contribution in [2.75, 3.05) is 38.2 Å². The number of sulfonamides is 1.